The van der Waals surface area contributed by atoms with Crippen molar-refractivity contribution >= 4 is 21.9 Å². The van der Waals surface area contributed by atoms with E-state index in [0.29, 0.717) is 31.6 Å². The van der Waals surface area contributed by atoms with Crippen LogP contribution in [0.1, 0.15) is 42.4 Å². The first-order valence-corrected chi connectivity index (χ1v) is 9.88. The number of nitriles is 1. The molecule has 4 aromatic rings. The number of alkyl halides is 1. The van der Waals surface area contributed by atoms with Gasteiger partial charge in [-0.3, -0.25) is 4.98 Å². The summed E-state index contributed by atoms with van der Waals surface area (Å²) in [6.45, 7) is 0.784. The van der Waals surface area contributed by atoms with Crippen molar-refractivity contribution < 1.29 is 9.13 Å². The molecule has 0 amide bonds. The largest absolute Gasteiger partial charge is 0.378 e. The van der Waals surface area contributed by atoms with Crippen LogP contribution in [0.25, 0.3) is 21.9 Å². The Morgan fingerprint density at radius 2 is 2.20 bits per heavy atom. The lowest BCUT2D eigenvalue weighted by Gasteiger charge is -2.17. The lowest BCUT2D eigenvalue weighted by molar-refractivity contribution is 0.181. The van der Waals surface area contributed by atoms with Crippen LogP contribution in [0, 0.1) is 11.3 Å². The zero-order valence-electron chi connectivity index (χ0n) is 16.5. The zero-order valence-corrected chi connectivity index (χ0v) is 16.5. The molecule has 152 valence electrons. The van der Waals surface area contributed by atoms with Gasteiger partial charge >= 0.3 is 0 Å². The topological polar surface area (TPSA) is 94.4 Å². The highest BCUT2D eigenvalue weighted by atomic mass is 19.1. The van der Waals surface area contributed by atoms with Crippen molar-refractivity contribution in [3.8, 4) is 6.07 Å². The SMILES string of the molecule is COCc1cn(Cc2nc3cnc4ccc(C#N)cc4c3n2C2CCC(F)C2)nn1. The Hall–Kier alpha value is -3.38. The van der Waals surface area contributed by atoms with Gasteiger partial charge in [-0.05, 0) is 37.5 Å². The third-order valence-electron chi connectivity index (χ3n) is 5.61. The van der Waals surface area contributed by atoms with Gasteiger partial charge in [0.1, 0.15) is 29.8 Å². The molecule has 1 aliphatic rings. The van der Waals surface area contributed by atoms with Crippen LogP contribution >= 0.6 is 0 Å². The fourth-order valence-corrected chi connectivity index (χ4v) is 4.31. The maximum Gasteiger partial charge on any atom is 0.132 e. The number of nitrogens with zero attached hydrogens (tertiary/aromatic N) is 7. The third kappa shape index (κ3) is 3.19. The van der Waals surface area contributed by atoms with Crippen LogP contribution in [0.3, 0.4) is 0 Å². The van der Waals surface area contributed by atoms with E-state index < -0.39 is 6.17 Å². The second-order valence-corrected chi connectivity index (χ2v) is 7.64. The number of benzene rings is 1. The Labute approximate surface area is 171 Å². The molecule has 0 spiro atoms. The predicted octanol–water partition coefficient (Wildman–Crippen LogP) is 3.31. The predicted molar refractivity (Wildman–Crippen MR) is 107 cm³/mol. The molecule has 1 aliphatic carbocycles. The van der Waals surface area contributed by atoms with Crippen LogP contribution < -0.4 is 0 Å². The number of halogens is 1. The number of ether oxygens (including phenoxy) is 1. The first-order chi connectivity index (χ1) is 14.7. The van der Waals surface area contributed by atoms with E-state index in [0.717, 1.165) is 39.9 Å². The number of methoxy groups -OCH3 is 1. The van der Waals surface area contributed by atoms with Crippen LogP contribution in [0.15, 0.2) is 30.6 Å². The molecule has 0 radical (unpaired) electrons. The highest BCUT2D eigenvalue weighted by Crippen LogP contribution is 2.37. The van der Waals surface area contributed by atoms with Crippen molar-refractivity contribution in [2.24, 2.45) is 0 Å². The molecule has 0 N–H and O–H groups in total. The summed E-state index contributed by atoms with van der Waals surface area (Å²) >= 11 is 0. The van der Waals surface area contributed by atoms with Crippen LogP contribution in [-0.4, -0.2) is 42.8 Å². The van der Waals surface area contributed by atoms with Crippen molar-refractivity contribution in [2.45, 2.75) is 44.6 Å². The summed E-state index contributed by atoms with van der Waals surface area (Å²) < 4.78 is 23.1. The molecule has 0 bridgehead atoms. The maximum atomic E-state index is 14.1. The standard InChI is InChI=1S/C21H20FN7O/c1-30-12-15-10-28(27-26-15)11-20-25-19-9-24-18-5-2-13(8-23)6-17(18)21(19)29(20)16-4-3-14(22)7-16/h2,5-6,9-10,14,16H,3-4,7,11-12H2,1H3. The molecule has 8 nitrogen and oxygen atoms in total. The number of fused-ring (bicyclic) bond motifs is 3. The second kappa shape index (κ2) is 7.46. The van der Waals surface area contributed by atoms with Crippen LogP contribution in [-0.2, 0) is 17.9 Å². The number of rotatable bonds is 5. The van der Waals surface area contributed by atoms with Crippen molar-refractivity contribution in [2.75, 3.05) is 7.11 Å². The lowest BCUT2D eigenvalue weighted by atomic mass is 10.1. The second-order valence-electron chi connectivity index (χ2n) is 7.64. The van der Waals surface area contributed by atoms with Gasteiger partial charge in [0.2, 0.25) is 0 Å². The Balaban J connectivity index is 1.69. The number of hydrogen-bond donors (Lipinski definition) is 0. The van der Waals surface area contributed by atoms with Gasteiger partial charge in [-0.15, -0.1) is 5.10 Å². The molecule has 30 heavy (non-hydrogen) atoms. The first kappa shape index (κ1) is 18.6. The summed E-state index contributed by atoms with van der Waals surface area (Å²) in [4.78, 5) is 9.32. The van der Waals surface area contributed by atoms with E-state index in [1.165, 1.54) is 0 Å². The minimum atomic E-state index is -0.817. The highest BCUT2D eigenvalue weighted by Gasteiger charge is 2.29. The minimum absolute atomic E-state index is 0.00157. The number of hydrogen-bond acceptors (Lipinski definition) is 6. The van der Waals surface area contributed by atoms with Gasteiger partial charge in [-0.25, -0.2) is 14.1 Å². The van der Waals surface area contributed by atoms with E-state index in [9.17, 15) is 9.65 Å². The Morgan fingerprint density at radius 1 is 1.30 bits per heavy atom. The van der Waals surface area contributed by atoms with E-state index in [2.05, 4.69) is 25.9 Å². The summed E-state index contributed by atoms with van der Waals surface area (Å²) in [5.74, 6) is 0.773. The summed E-state index contributed by atoms with van der Waals surface area (Å²) in [5, 5.41) is 18.5. The van der Waals surface area contributed by atoms with Gasteiger partial charge in [0.05, 0.1) is 41.7 Å². The maximum absolute atomic E-state index is 14.1. The van der Waals surface area contributed by atoms with Crippen molar-refractivity contribution in [1.82, 2.24) is 29.5 Å². The summed E-state index contributed by atoms with van der Waals surface area (Å²) in [6, 6.07) is 7.61. The van der Waals surface area contributed by atoms with Crippen LogP contribution in [0.4, 0.5) is 4.39 Å². The molecule has 1 aromatic carbocycles. The molecular weight excluding hydrogens is 385 g/mol. The van der Waals surface area contributed by atoms with E-state index >= 15 is 0 Å². The lowest BCUT2D eigenvalue weighted by Crippen LogP contribution is -2.14. The number of imidazole rings is 1. The van der Waals surface area contributed by atoms with Gasteiger partial charge in [0.15, 0.2) is 0 Å². The monoisotopic (exact) mass is 405 g/mol. The normalized spacial score (nSPS) is 19.0. The van der Waals surface area contributed by atoms with Crippen molar-refractivity contribution in [1.29, 1.82) is 5.26 Å². The molecule has 9 heteroatoms. The third-order valence-corrected chi connectivity index (χ3v) is 5.61. The van der Waals surface area contributed by atoms with Crippen LogP contribution in [0.5, 0.6) is 0 Å². The van der Waals surface area contributed by atoms with Gasteiger partial charge < -0.3 is 9.30 Å². The fraction of sp³-hybridized carbons (Fsp3) is 0.381. The Morgan fingerprint density at radius 3 is 2.97 bits per heavy atom. The Bertz CT molecular complexity index is 1270. The average Bonchev–Trinajstić information content (AvgIpc) is 3.46. The summed E-state index contributed by atoms with van der Waals surface area (Å²) in [5.41, 5.74) is 3.69. The molecule has 5 rings (SSSR count). The molecule has 0 saturated heterocycles. The molecule has 2 atom stereocenters. The fourth-order valence-electron chi connectivity index (χ4n) is 4.31. The molecule has 2 unspecified atom stereocenters. The molecule has 3 heterocycles. The summed E-state index contributed by atoms with van der Waals surface area (Å²) in [7, 11) is 1.61. The Kier molecular flexibility index (Phi) is 4.64. The van der Waals surface area contributed by atoms with E-state index in [1.54, 1.807) is 24.1 Å². The zero-order chi connectivity index (χ0) is 20.7. The summed E-state index contributed by atoms with van der Waals surface area (Å²) in [6.07, 6.45) is 4.48. The van der Waals surface area contributed by atoms with Gasteiger partial charge in [-0.2, -0.15) is 5.26 Å². The quantitative estimate of drug-likeness (QED) is 0.506. The highest BCUT2D eigenvalue weighted by molar-refractivity contribution is 6.02. The van der Waals surface area contributed by atoms with E-state index in [-0.39, 0.29) is 6.04 Å². The van der Waals surface area contributed by atoms with Gasteiger partial charge in [0.25, 0.3) is 0 Å². The van der Waals surface area contributed by atoms with Crippen LogP contribution in [0.2, 0.25) is 0 Å². The molecule has 3 aromatic heterocycles. The van der Waals surface area contributed by atoms with Crippen molar-refractivity contribution in [3.63, 3.8) is 0 Å². The van der Waals surface area contributed by atoms with E-state index in [4.69, 9.17) is 9.72 Å². The van der Waals surface area contributed by atoms with Gasteiger partial charge in [-0.1, -0.05) is 5.21 Å². The molecule has 0 aliphatic heterocycles. The average molecular weight is 405 g/mol. The molecular formula is C21H20FN7O. The van der Waals surface area contributed by atoms with Gasteiger partial charge in [0, 0.05) is 18.5 Å². The first-order valence-electron chi connectivity index (χ1n) is 9.88. The smallest absolute Gasteiger partial charge is 0.132 e. The number of aromatic nitrogens is 6. The van der Waals surface area contributed by atoms with E-state index in [1.807, 2.05) is 18.3 Å². The minimum Gasteiger partial charge on any atom is -0.378 e. The number of pyridine rings is 1. The van der Waals surface area contributed by atoms with Crippen molar-refractivity contribution in [3.05, 3.63) is 47.7 Å². The molecule has 1 saturated carbocycles. The molecule has 1 fully saturated rings.